The predicted molar refractivity (Wildman–Crippen MR) is 126 cm³/mol. The zero-order valence-corrected chi connectivity index (χ0v) is 18.1. The first-order chi connectivity index (χ1) is 15.2. The van der Waals surface area contributed by atoms with Gasteiger partial charge in [0.2, 0.25) is 0 Å². The third kappa shape index (κ3) is 3.95. The fourth-order valence-corrected chi connectivity index (χ4v) is 5.22. The Hall–Kier alpha value is -3.49. The summed E-state index contributed by atoms with van der Waals surface area (Å²) in [7, 11) is 0. The fourth-order valence-electron chi connectivity index (χ4n) is 3.98. The van der Waals surface area contributed by atoms with E-state index in [4.69, 9.17) is 10.1 Å². The van der Waals surface area contributed by atoms with Crippen LogP contribution in [0, 0.1) is 17.2 Å². The van der Waals surface area contributed by atoms with E-state index in [1.54, 1.807) is 11.3 Å². The molecule has 5 rings (SSSR count). The number of hydrogen-bond acceptors (Lipinski definition) is 4. The van der Waals surface area contributed by atoms with Crippen molar-refractivity contribution in [3.63, 3.8) is 0 Å². The molecule has 152 valence electrons. The number of rotatable bonds is 4. The molecule has 0 bridgehead atoms. The van der Waals surface area contributed by atoms with Crippen LogP contribution in [0.15, 0.2) is 66.9 Å². The first kappa shape index (κ1) is 19.5. The molecule has 4 nitrogen and oxygen atoms in total. The van der Waals surface area contributed by atoms with Gasteiger partial charge in [0.25, 0.3) is 0 Å². The molecule has 4 aromatic rings. The number of benzene rings is 2. The van der Waals surface area contributed by atoms with E-state index in [2.05, 4.69) is 13.0 Å². The van der Waals surface area contributed by atoms with E-state index in [1.807, 2.05) is 77.6 Å². The van der Waals surface area contributed by atoms with E-state index in [-0.39, 0.29) is 0 Å². The van der Waals surface area contributed by atoms with Crippen LogP contribution < -0.4 is 0 Å². The van der Waals surface area contributed by atoms with Crippen LogP contribution in [0.4, 0.5) is 0 Å². The van der Waals surface area contributed by atoms with Crippen LogP contribution in [0.25, 0.3) is 28.6 Å². The molecule has 0 aliphatic heterocycles. The van der Waals surface area contributed by atoms with Crippen LogP contribution in [-0.2, 0) is 12.8 Å². The second-order valence-corrected chi connectivity index (χ2v) is 9.07. The first-order valence-electron chi connectivity index (χ1n) is 10.5. The van der Waals surface area contributed by atoms with Crippen LogP contribution in [0.2, 0.25) is 0 Å². The largest absolute Gasteiger partial charge is 0.240 e. The van der Waals surface area contributed by atoms with E-state index < -0.39 is 0 Å². The standard InChI is InChI=1S/C26H22N4S/c1-18-12-13-23-24(14-18)31-26(28-23)20(16-27)15-21-17-30(22-10-6-3-7-11-22)29-25(21)19-8-4-2-5-9-19/h2-11,15,17-18H,12-14H2,1H3/b20-15+. The van der Waals surface area contributed by atoms with Gasteiger partial charge in [0, 0.05) is 22.2 Å². The number of para-hydroxylation sites is 1. The van der Waals surface area contributed by atoms with Crippen molar-refractivity contribution in [2.45, 2.75) is 26.2 Å². The van der Waals surface area contributed by atoms with Gasteiger partial charge >= 0.3 is 0 Å². The average Bonchev–Trinajstić information content (AvgIpc) is 3.42. The maximum atomic E-state index is 9.96. The highest BCUT2D eigenvalue weighted by Gasteiger charge is 2.21. The summed E-state index contributed by atoms with van der Waals surface area (Å²) >= 11 is 1.67. The van der Waals surface area contributed by atoms with E-state index in [0.717, 1.165) is 40.4 Å². The Morgan fingerprint density at radius 3 is 2.61 bits per heavy atom. The summed E-state index contributed by atoms with van der Waals surface area (Å²) in [6.07, 6.45) is 7.16. The highest BCUT2D eigenvalue weighted by Crippen LogP contribution is 2.34. The van der Waals surface area contributed by atoms with Crippen LogP contribution in [0.1, 0.15) is 34.5 Å². The first-order valence-corrected chi connectivity index (χ1v) is 11.3. The van der Waals surface area contributed by atoms with Crippen molar-refractivity contribution in [2.24, 2.45) is 5.92 Å². The predicted octanol–water partition coefficient (Wildman–Crippen LogP) is 6.18. The molecule has 0 amide bonds. The van der Waals surface area contributed by atoms with Crippen molar-refractivity contribution in [3.05, 3.63) is 88.0 Å². The van der Waals surface area contributed by atoms with Gasteiger partial charge in [-0.15, -0.1) is 11.3 Å². The van der Waals surface area contributed by atoms with Crippen molar-refractivity contribution >= 4 is 23.0 Å². The van der Waals surface area contributed by atoms with Gasteiger partial charge in [0.15, 0.2) is 0 Å². The average molecular weight is 423 g/mol. The molecule has 2 aromatic heterocycles. The number of aromatic nitrogens is 3. The number of allylic oxidation sites excluding steroid dienone is 1. The Balaban J connectivity index is 1.61. The molecule has 5 heteroatoms. The highest BCUT2D eigenvalue weighted by atomic mass is 32.1. The second kappa shape index (κ2) is 8.33. The SMILES string of the molecule is CC1CCc2nc(/C(C#N)=C/c3cn(-c4ccccc4)nc3-c3ccccc3)sc2C1. The molecule has 1 aliphatic rings. The number of nitriles is 1. The van der Waals surface area contributed by atoms with Gasteiger partial charge in [-0.1, -0.05) is 55.5 Å². The van der Waals surface area contributed by atoms with Gasteiger partial charge in [-0.05, 0) is 43.4 Å². The van der Waals surface area contributed by atoms with Gasteiger partial charge in [-0.3, -0.25) is 0 Å². The van der Waals surface area contributed by atoms with E-state index in [0.29, 0.717) is 11.5 Å². The number of nitrogens with zero attached hydrogens (tertiary/aromatic N) is 4. The molecule has 2 aromatic carbocycles. The Morgan fingerprint density at radius 2 is 1.87 bits per heavy atom. The molecule has 0 saturated carbocycles. The lowest BCUT2D eigenvalue weighted by molar-refractivity contribution is 0.502. The summed E-state index contributed by atoms with van der Waals surface area (Å²) in [5.74, 6) is 0.684. The Labute approximate surface area is 186 Å². The van der Waals surface area contributed by atoms with Gasteiger partial charge < -0.3 is 0 Å². The van der Waals surface area contributed by atoms with Crippen molar-refractivity contribution in [2.75, 3.05) is 0 Å². The van der Waals surface area contributed by atoms with Crippen molar-refractivity contribution < 1.29 is 0 Å². The summed E-state index contributed by atoms with van der Waals surface area (Å²) in [6, 6.07) is 22.5. The lowest BCUT2D eigenvalue weighted by atomic mass is 9.93. The molecule has 1 aliphatic carbocycles. The van der Waals surface area contributed by atoms with Crippen LogP contribution in [-0.4, -0.2) is 14.8 Å². The smallest absolute Gasteiger partial charge is 0.134 e. The zero-order valence-electron chi connectivity index (χ0n) is 17.3. The minimum atomic E-state index is 0.594. The lowest BCUT2D eigenvalue weighted by Gasteiger charge is -2.15. The topological polar surface area (TPSA) is 54.5 Å². The maximum Gasteiger partial charge on any atom is 0.134 e. The summed E-state index contributed by atoms with van der Waals surface area (Å²) in [6.45, 7) is 2.29. The molecular weight excluding hydrogens is 400 g/mol. The Morgan fingerprint density at radius 1 is 1.13 bits per heavy atom. The summed E-state index contributed by atoms with van der Waals surface area (Å²) < 4.78 is 1.87. The number of thiazole rings is 1. The third-order valence-corrected chi connectivity index (χ3v) is 6.80. The molecule has 2 heterocycles. The summed E-state index contributed by atoms with van der Waals surface area (Å²) in [5.41, 5.74) is 5.53. The van der Waals surface area contributed by atoms with Gasteiger partial charge in [-0.25, -0.2) is 9.67 Å². The normalized spacial score (nSPS) is 16.0. The van der Waals surface area contributed by atoms with E-state index >= 15 is 0 Å². The van der Waals surface area contributed by atoms with Crippen LogP contribution in [0.3, 0.4) is 0 Å². The van der Waals surface area contributed by atoms with Gasteiger partial charge in [0.05, 0.1) is 22.6 Å². The highest BCUT2D eigenvalue weighted by molar-refractivity contribution is 7.13. The summed E-state index contributed by atoms with van der Waals surface area (Å²) in [4.78, 5) is 6.15. The molecule has 1 atom stereocenters. The lowest BCUT2D eigenvalue weighted by Crippen LogP contribution is -2.09. The van der Waals surface area contributed by atoms with Crippen molar-refractivity contribution in [1.29, 1.82) is 5.26 Å². The molecule has 0 radical (unpaired) electrons. The molecule has 0 fully saturated rings. The molecule has 0 N–H and O–H groups in total. The van der Waals surface area contributed by atoms with Crippen molar-refractivity contribution in [3.8, 4) is 23.0 Å². The molecule has 31 heavy (non-hydrogen) atoms. The monoisotopic (exact) mass is 422 g/mol. The number of fused-ring (bicyclic) bond motifs is 1. The number of aryl methyl sites for hydroxylation is 1. The quantitative estimate of drug-likeness (QED) is 0.369. The molecule has 0 spiro atoms. The fraction of sp³-hybridized carbons (Fsp3) is 0.192. The van der Waals surface area contributed by atoms with Crippen LogP contribution >= 0.6 is 11.3 Å². The second-order valence-electron chi connectivity index (χ2n) is 7.99. The van der Waals surface area contributed by atoms with Gasteiger partial charge in [0.1, 0.15) is 11.1 Å². The van der Waals surface area contributed by atoms with E-state index in [1.165, 1.54) is 17.0 Å². The molecular formula is C26H22N4S. The minimum absolute atomic E-state index is 0.594. The van der Waals surface area contributed by atoms with Gasteiger partial charge in [-0.2, -0.15) is 10.4 Å². The number of hydrogen-bond donors (Lipinski definition) is 0. The Bertz CT molecular complexity index is 1280. The Kier molecular flexibility index (Phi) is 5.23. The zero-order chi connectivity index (χ0) is 21.2. The molecule has 0 saturated heterocycles. The molecule has 1 unspecified atom stereocenters. The summed E-state index contributed by atoms with van der Waals surface area (Å²) in [5, 5.41) is 15.6. The third-order valence-electron chi connectivity index (χ3n) is 5.65. The van der Waals surface area contributed by atoms with E-state index in [9.17, 15) is 5.26 Å². The maximum absolute atomic E-state index is 9.96. The van der Waals surface area contributed by atoms with Crippen LogP contribution in [0.5, 0.6) is 0 Å². The van der Waals surface area contributed by atoms with Crippen molar-refractivity contribution in [1.82, 2.24) is 14.8 Å². The minimum Gasteiger partial charge on any atom is -0.240 e.